The van der Waals surface area contributed by atoms with Crippen molar-refractivity contribution in [3.63, 3.8) is 0 Å². The molecule has 0 fully saturated rings. The van der Waals surface area contributed by atoms with E-state index in [4.69, 9.17) is 0 Å². The number of rotatable bonds is 0. The van der Waals surface area contributed by atoms with Gasteiger partial charge in [0.25, 0.3) is 0 Å². The van der Waals surface area contributed by atoms with E-state index < -0.39 is 9.84 Å². The first kappa shape index (κ1) is 12.0. The summed E-state index contributed by atoms with van der Waals surface area (Å²) >= 11 is 0. The molecule has 19 heavy (non-hydrogen) atoms. The fourth-order valence-electron chi connectivity index (χ4n) is 2.34. The van der Waals surface area contributed by atoms with Crippen LogP contribution in [0, 0.1) is 6.92 Å². The number of ketones is 1. The van der Waals surface area contributed by atoms with Crippen molar-refractivity contribution in [1.82, 2.24) is 4.98 Å². The minimum Gasteiger partial charge on any atom is -0.288 e. The lowest BCUT2D eigenvalue weighted by Gasteiger charge is -2.07. The summed E-state index contributed by atoms with van der Waals surface area (Å²) in [7, 11) is -3.53. The van der Waals surface area contributed by atoms with Crippen molar-refractivity contribution in [1.29, 1.82) is 0 Å². The topological polar surface area (TPSA) is 64.1 Å². The molecule has 0 aliphatic carbocycles. The summed E-state index contributed by atoms with van der Waals surface area (Å²) in [4.78, 5) is 16.7. The van der Waals surface area contributed by atoms with E-state index in [0.717, 1.165) is 0 Å². The standard InChI is InChI=1S/C14H11NO3S/c1-9-4-2-6-12-13(9)14(16)10-5-3-7-15-11(10)8-19(12,17)18/h2-7H,8H2,1H3. The van der Waals surface area contributed by atoms with Crippen LogP contribution >= 0.6 is 0 Å². The molecule has 4 nitrogen and oxygen atoms in total. The van der Waals surface area contributed by atoms with Gasteiger partial charge in [0.15, 0.2) is 15.6 Å². The van der Waals surface area contributed by atoms with Crippen LogP contribution in [-0.4, -0.2) is 19.2 Å². The van der Waals surface area contributed by atoms with Crippen molar-refractivity contribution in [3.8, 4) is 0 Å². The maximum absolute atomic E-state index is 12.5. The summed E-state index contributed by atoms with van der Waals surface area (Å²) in [5.41, 5.74) is 1.64. The van der Waals surface area contributed by atoms with E-state index in [9.17, 15) is 13.2 Å². The first-order valence-corrected chi connectivity index (χ1v) is 7.47. The Morgan fingerprint density at radius 1 is 1.16 bits per heavy atom. The Morgan fingerprint density at radius 3 is 2.74 bits per heavy atom. The molecule has 0 saturated carbocycles. The molecule has 0 N–H and O–H groups in total. The minimum absolute atomic E-state index is 0.107. The molecule has 3 rings (SSSR count). The molecular formula is C14H11NO3S. The van der Waals surface area contributed by atoms with Crippen LogP contribution in [0.3, 0.4) is 0 Å². The van der Waals surface area contributed by atoms with Gasteiger partial charge < -0.3 is 0 Å². The fraction of sp³-hybridized carbons (Fsp3) is 0.143. The molecule has 0 amide bonds. The van der Waals surface area contributed by atoms with Gasteiger partial charge in [-0.1, -0.05) is 12.1 Å². The SMILES string of the molecule is Cc1cccc2c1C(=O)c1cccnc1CS2(=O)=O. The van der Waals surface area contributed by atoms with Gasteiger partial charge in [0.1, 0.15) is 0 Å². The highest BCUT2D eigenvalue weighted by Crippen LogP contribution is 2.30. The van der Waals surface area contributed by atoms with E-state index in [1.807, 2.05) is 0 Å². The number of aromatic nitrogens is 1. The normalized spacial score (nSPS) is 16.4. The van der Waals surface area contributed by atoms with Crippen molar-refractivity contribution in [2.75, 3.05) is 0 Å². The number of hydrogen-bond acceptors (Lipinski definition) is 4. The van der Waals surface area contributed by atoms with Crippen LogP contribution in [0.15, 0.2) is 41.4 Å². The number of aryl methyl sites for hydroxylation is 1. The van der Waals surface area contributed by atoms with Gasteiger partial charge in [-0.3, -0.25) is 9.78 Å². The fourth-order valence-corrected chi connectivity index (χ4v) is 3.94. The molecule has 0 saturated heterocycles. The zero-order chi connectivity index (χ0) is 13.6. The molecule has 2 aromatic rings. The van der Waals surface area contributed by atoms with E-state index in [0.29, 0.717) is 16.8 Å². The van der Waals surface area contributed by atoms with Crippen LogP contribution in [-0.2, 0) is 15.6 Å². The molecule has 0 atom stereocenters. The largest absolute Gasteiger partial charge is 0.288 e. The maximum atomic E-state index is 12.5. The average molecular weight is 273 g/mol. The number of carbonyl (C=O) groups is 1. The second-order valence-corrected chi connectivity index (χ2v) is 6.49. The Morgan fingerprint density at radius 2 is 1.95 bits per heavy atom. The molecule has 0 unspecified atom stereocenters. The summed E-state index contributed by atoms with van der Waals surface area (Å²) < 4.78 is 24.7. The Kier molecular flexibility index (Phi) is 2.53. The highest BCUT2D eigenvalue weighted by molar-refractivity contribution is 7.90. The smallest absolute Gasteiger partial charge is 0.196 e. The van der Waals surface area contributed by atoms with Crippen LogP contribution in [0.5, 0.6) is 0 Å². The van der Waals surface area contributed by atoms with Gasteiger partial charge in [0.2, 0.25) is 0 Å². The maximum Gasteiger partial charge on any atom is 0.196 e. The number of carbonyl (C=O) groups excluding carboxylic acids is 1. The van der Waals surface area contributed by atoms with Gasteiger partial charge in [0, 0.05) is 17.3 Å². The molecule has 96 valence electrons. The molecule has 1 aromatic carbocycles. The van der Waals surface area contributed by atoms with Crippen LogP contribution in [0.25, 0.3) is 0 Å². The molecule has 1 aliphatic rings. The Balaban J connectivity index is 2.43. The predicted molar refractivity (Wildman–Crippen MR) is 69.7 cm³/mol. The quantitative estimate of drug-likeness (QED) is 0.735. The lowest BCUT2D eigenvalue weighted by molar-refractivity contribution is 0.103. The minimum atomic E-state index is -3.53. The zero-order valence-corrected chi connectivity index (χ0v) is 11.1. The second-order valence-electron chi connectivity index (χ2n) is 4.53. The molecule has 0 radical (unpaired) electrons. The number of hydrogen-bond donors (Lipinski definition) is 0. The van der Waals surface area contributed by atoms with Crippen molar-refractivity contribution in [2.45, 2.75) is 17.6 Å². The molecular weight excluding hydrogens is 262 g/mol. The summed E-state index contributed by atoms with van der Waals surface area (Å²) in [6, 6.07) is 8.16. The summed E-state index contributed by atoms with van der Waals surface area (Å²) in [6.07, 6.45) is 1.50. The van der Waals surface area contributed by atoms with Crippen molar-refractivity contribution >= 4 is 15.6 Å². The third-order valence-corrected chi connectivity index (χ3v) is 4.92. The molecule has 2 heterocycles. The molecule has 0 bridgehead atoms. The number of benzene rings is 1. The van der Waals surface area contributed by atoms with Crippen molar-refractivity contribution < 1.29 is 13.2 Å². The van der Waals surface area contributed by atoms with Gasteiger partial charge in [-0.25, -0.2) is 8.42 Å². The first-order valence-electron chi connectivity index (χ1n) is 5.81. The van der Waals surface area contributed by atoms with Crippen molar-refractivity contribution in [3.05, 3.63) is 58.9 Å². The zero-order valence-electron chi connectivity index (χ0n) is 10.3. The van der Waals surface area contributed by atoms with Crippen LogP contribution < -0.4 is 0 Å². The number of sulfone groups is 1. The first-order chi connectivity index (χ1) is 9.00. The third-order valence-electron chi connectivity index (χ3n) is 3.26. The van der Waals surface area contributed by atoms with Crippen LogP contribution in [0.4, 0.5) is 0 Å². The molecule has 0 spiro atoms. The average Bonchev–Trinajstić information content (AvgIpc) is 2.45. The van der Waals surface area contributed by atoms with E-state index in [1.54, 1.807) is 31.2 Å². The van der Waals surface area contributed by atoms with Gasteiger partial charge in [-0.05, 0) is 30.7 Å². The lowest BCUT2D eigenvalue weighted by Crippen LogP contribution is -2.08. The monoisotopic (exact) mass is 273 g/mol. The van der Waals surface area contributed by atoms with Gasteiger partial charge >= 0.3 is 0 Å². The van der Waals surface area contributed by atoms with E-state index in [2.05, 4.69) is 4.98 Å². The van der Waals surface area contributed by atoms with E-state index in [1.165, 1.54) is 12.3 Å². The number of nitrogens with zero attached hydrogens (tertiary/aromatic N) is 1. The Labute approximate surface area is 111 Å². The molecule has 1 aliphatic heterocycles. The highest BCUT2D eigenvalue weighted by atomic mass is 32.2. The summed E-state index contributed by atoms with van der Waals surface area (Å²) in [5, 5.41) is 0. The summed E-state index contributed by atoms with van der Waals surface area (Å²) in [6.45, 7) is 1.74. The van der Waals surface area contributed by atoms with Crippen molar-refractivity contribution in [2.24, 2.45) is 0 Å². The predicted octanol–water partition coefficient (Wildman–Crippen LogP) is 1.91. The number of fused-ring (bicyclic) bond motifs is 2. The molecule has 1 aromatic heterocycles. The van der Waals surface area contributed by atoms with Gasteiger partial charge in [-0.2, -0.15) is 0 Å². The second kappa shape index (κ2) is 3.99. The molecule has 5 heteroatoms. The van der Waals surface area contributed by atoms with Crippen LogP contribution in [0.2, 0.25) is 0 Å². The Hall–Kier alpha value is -2.01. The van der Waals surface area contributed by atoms with Gasteiger partial charge in [-0.15, -0.1) is 0 Å². The van der Waals surface area contributed by atoms with Crippen LogP contribution in [0.1, 0.15) is 27.2 Å². The lowest BCUT2D eigenvalue weighted by atomic mass is 9.98. The Bertz CT molecular complexity index is 794. The van der Waals surface area contributed by atoms with E-state index >= 15 is 0 Å². The highest BCUT2D eigenvalue weighted by Gasteiger charge is 2.31. The third kappa shape index (κ3) is 1.77. The van der Waals surface area contributed by atoms with E-state index in [-0.39, 0.29) is 22.0 Å². The van der Waals surface area contributed by atoms with Gasteiger partial charge in [0.05, 0.1) is 16.3 Å². The number of pyridine rings is 1. The summed E-state index contributed by atoms with van der Waals surface area (Å²) in [5.74, 6) is -0.497.